The van der Waals surface area contributed by atoms with Gasteiger partial charge in [-0.15, -0.1) is 0 Å². The zero-order valence-corrected chi connectivity index (χ0v) is 17.3. The molecule has 1 fully saturated rings. The first kappa shape index (κ1) is 20.3. The largest absolute Gasteiger partial charge is 0.366 e. The summed E-state index contributed by atoms with van der Waals surface area (Å²) in [6, 6.07) is 8.74. The minimum Gasteiger partial charge on any atom is -0.366 e. The Morgan fingerprint density at radius 3 is 2.20 bits per heavy atom. The Kier molecular flexibility index (Phi) is 5.18. The van der Waals surface area contributed by atoms with Crippen LogP contribution in [0.5, 0.6) is 0 Å². The number of rotatable bonds is 3. The average molecular weight is 410 g/mol. The van der Waals surface area contributed by atoms with Crippen LogP contribution in [0.25, 0.3) is 5.57 Å². The highest BCUT2D eigenvalue weighted by Crippen LogP contribution is 2.37. The first-order valence-corrected chi connectivity index (χ1v) is 10.2. The first-order valence-electron chi connectivity index (χ1n) is 10.2. The van der Waals surface area contributed by atoms with Gasteiger partial charge in [0.15, 0.2) is 11.6 Å². The third-order valence-electron chi connectivity index (χ3n) is 6.12. The molecule has 0 radical (unpaired) electrons. The monoisotopic (exact) mass is 410 g/mol. The third-order valence-corrected chi connectivity index (χ3v) is 6.12. The molecule has 156 valence electrons. The Morgan fingerprint density at radius 1 is 0.867 bits per heavy atom. The molecule has 0 aliphatic carbocycles. The van der Waals surface area contributed by atoms with Crippen LogP contribution in [0.15, 0.2) is 42.1 Å². The van der Waals surface area contributed by atoms with Crippen molar-refractivity contribution in [2.45, 2.75) is 33.6 Å². The number of anilines is 1. The molecule has 0 bridgehead atoms. The van der Waals surface area contributed by atoms with Crippen LogP contribution in [0.1, 0.15) is 36.5 Å². The lowest BCUT2D eigenvalue weighted by molar-refractivity contribution is -0.120. The predicted octanol–water partition coefficient (Wildman–Crippen LogP) is 4.60. The zero-order chi connectivity index (χ0) is 21.6. The number of halogens is 2. The molecular weight excluding hydrogens is 386 g/mol. The van der Waals surface area contributed by atoms with Crippen molar-refractivity contribution in [2.75, 3.05) is 18.0 Å². The van der Waals surface area contributed by atoms with Gasteiger partial charge in [-0.3, -0.25) is 9.59 Å². The van der Waals surface area contributed by atoms with Gasteiger partial charge in [-0.2, -0.15) is 0 Å². The number of hydrogen-bond acceptors (Lipinski definition) is 3. The van der Waals surface area contributed by atoms with E-state index in [0.29, 0.717) is 35.8 Å². The summed E-state index contributed by atoms with van der Waals surface area (Å²) >= 11 is 0. The molecule has 0 N–H and O–H groups in total. The Morgan fingerprint density at radius 2 is 1.57 bits per heavy atom. The number of carbonyl (C=O) groups is 2. The Hall–Kier alpha value is -3.02. The topological polar surface area (TPSA) is 40.6 Å². The van der Waals surface area contributed by atoms with E-state index in [1.165, 1.54) is 6.07 Å². The van der Waals surface area contributed by atoms with Gasteiger partial charge in [0.05, 0.1) is 11.3 Å². The highest BCUT2D eigenvalue weighted by atomic mass is 19.2. The summed E-state index contributed by atoms with van der Waals surface area (Å²) < 4.78 is 27.3. The van der Waals surface area contributed by atoms with E-state index in [1.807, 2.05) is 36.9 Å². The van der Waals surface area contributed by atoms with Crippen LogP contribution in [0.3, 0.4) is 0 Å². The molecule has 2 aliphatic rings. The summed E-state index contributed by atoms with van der Waals surface area (Å²) in [6.45, 7) is 7.46. The second-order valence-corrected chi connectivity index (χ2v) is 8.24. The molecule has 30 heavy (non-hydrogen) atoms. The zero-order valence-electron chi connectivity index (χ0n) is 17.3. The SMILES string of the molecule is Cc1ccc(C2=C(N3CCC(C)CC3)C(=O)N(c3ccc(F)c(F)c3)C2=O)cc1C. The fraction of sp³-hybridized carbons (Fsp3) is 0.333. The summed E-state index contributed by atoms with van der Waals surface area (Å²) in [6.07, 6.45) is 1.85. The standard InChI is InChI=1S/C24H24F2N2O2/c1-14-8-10-27(11-9-14)22-21(17-5-4-15(2)16(3)12-17)23(29)28(24(22)30)18-6-7-19(25)20(26)13-18/h4-7,12-14H,8-11H2,1-3H3. The number of imide groups is 1. The summed E-state index contributed by atoms with van der Waals surface area (Å²) in [5, 5.41) is 0. The van der Waals surface area contributed by atoms with Crippen molar-refractivity contribution in [2.24, 2.45) is 5.92 Å². The van der Waals surface area contributed by atoms with Crippen molar-refractivity contribution in [3.8, 4) is 0 Å². The normalized spacial score (nSPS) is 18.0. The quantitative estimate of drug-likeness (QED) is 0.695. The molecule has 4 rings (SSSR count). The summed E-state index contributed by atoms with van der Waals surface area (Å²) in [5.41, 5.74) is 3.46. The van der Waals surface area contributed by atoms with Gasteiger partial charge in [0.1, 0.15) is 5.70 Å². The Bertz CT molecular complexity index is 1070. The molecule has 0 saturated carbocycles. The van der Waals surface area contributed by atoms with Gasteiger partial charge in [-0.1, -0.05) is 25.1 Å². The second-order valence-electron chi connectivity index (χ2n) is 8.24. The van der Waals surface area contributed by atoms with Crippen LogP contribution in [0, 0.1) is 31.4 Å². The van der Waals surface area contributed by atoms with Crippen LogP contribution in [-0.2, 0) is 9.59 Å². The van der Waals surface area contributed by atoms with Gasteiger partial charge in [-0.05, 0) is 61.4 Å². The van der Waals surface area contributed by atoms with Crippen molar-refractivity contribution < 1.29 is 18.4 Å². The molecule has 1 saturated heterocycles. The van der Waals surface area contributed by atoms with Gasteiger partial charge in [0, 0.05) is 19.2 Å². The molecule has 4 nitrogen and oxygen atoms in total. The van der Waals surface area contributed by atoms with Crippen molar-refractivity contribution in [1.82, 2.24) is 4.90 Å². The summed E-state index contributed by atoms with van der Waals surface area (Å²) in [7, 11) is 0. The minimum atomic E-state index is -1.10. The van der Waals surface area contributed by atoms with Gasteiger partial charge < -0.3 is 4.90 Å². The average Bonchev–Trinajstić information content (AvgIpc) is 2.97. The molecular formula is C24H24F2N2O2. The molecule has 0 aromatic heterocycles. The lowest BCUT2D eigenvalue weighted by Crippen LogP contribution is -2.38. The second kappa shape index (κ2) is 7.67. The van der Waals surface area contributed by atoms with E-state index in [1.54, 1.807) is 0 Å². The van der Waals surface area contributed by atoms with Crippen molar-refractivity contribution in [1.29, 1.82) is 0 Å². The van der Waals surface area contributed by atoms with Gasteiger partial charge >= 0.3 is 0 Å². The molecule has 0 unspecified atom stereocenters. The predicted molar refractivity (Wildman–Crippen MR) is 112 cm³/mol. The van der Waals surface area contributed by atoms with Gasteiger partial charge in [-0.25, -0.2) is 13.7 Å². The lowest BCUT2D eigenvalue weighted by Gasteiger charge is -2.32. The van der Waals surface area contributed by atoms with Crippen LogP contribution in [0.2, 0.25) is 0 Å². The molecule has 6 heteroatoms. The van der Waals surface area contributed by atoms with Crippen molar-refractivity contribution in [3.05, 3.63) is 70.4 Å². The number of piperidine rings is 1. The third kappa shape index (κ3) is 3.40. The smallest absolute Gasteiger partial charge is 0.282 e. The molecule has 2 aromatic carbocycles. The molecule has 0 spiro atoms. The molecule has 2 heterocycles. The van der Waals surface area contributed by atoms with E-state index in [4.69, 9.17) is 0 Å². The number of carbonyl (C=O) groups excluding carboxylic acids is 2. The summed E-state index contributed by atoms with van der Waals surface area (Å²) in [4.78, 5) is 29.8. The Balaban J connectivity index is 1.83. The lowest BCUT2D eigenvalue weighted by atomic mass is 9.96. The number of likely N-dealkylation sites (tertiary alicyclic amines) is 1. The maximum Gasteiger partial charge on any atom is 0.282 e. The van der Waals surface area contributed by atoms with E-state index in [-0.39, 0.29) is 5.69 Å². The van der Waals surface area contributed by atoms with E-state index in [9.17, 15) is 18.4 Å². The number of hydrogen-bond donors (Lipinski definition) is 0. The fourth-order valence-corrected chi connectivity index (χ4v) is 4.06. The van der Waals surface area contributed by atoms with Crippen LogP contribution in [0.4, 0.5) is 14.5 Å². The fourth-order valence-electron chi connectivity index (χ4n) is 4.06. The van der Waals surface area contributed by atoms with E-state index in [2.05, 4.69) is 6.92 Å². The van der Waals surface area contributed by atoms with E-state index in [0.717, 1.165) is 41.0 Å². The van der Waals surface area contributed by atoms with Gasteiger partial charge in [0.2, 0.25) is 0 Å². The number of amides is 2. The number of nitrogens with zero attached hydrogens (tertiary/aromatic N) is 2. The molecule has 0 atom stereocenters. The molecule has 2 amide bonds. The number of benzene rings is 2. The maximum atomic E-state index is 13.9. The molecule has 2 aromatic rings. The van der Waals surface area contributed by atoms with Crippen LogP contribution < -0.4 is 4.90 Å². The highest BCUT2D eigenvalue weighted by molar-refractivity contribution is 6.45. The van der Waals surface area contributed by atoms with Crippen molar-refractivity contribution in [3.63, 3.8) is 0 Å². The van der Waals surface area contributed by atoms with E-state index < -0.39 is 23.4 Å². The van der Waals surface area contributed by atoms with Crippen LogP contribution in [-0.4, -0.2) is 29.8 Å². The van der Waals surface area contributed by atoms with Crippen LogP contribution >= 0.6 is 0 Å². The summed E-state index contributed by atoms with van der Waals surface area (Å²) in [5.74, 6) is -2.57. The van der Waals surface area contributed by atoms with Crippen molar-refractivity contribution >= 4 is 23.1 Å². The molecule has 2 aliphatic heterocycles. The van der Waals surface area contributed by atoms with Gasteiger partial charge in [0.25, 0.3) is 11.8 Å². The highest BCUT2D eigenvalue weighted by Gasteiger charge is 2.43. The number of aryl methyl sites for hydroxylation is 2. The maximum absolute atomic E-state index is 13.9. The minimum absolute atomic E-state index is 0.0330. The first-order chi connectivity index (χ1) is 14.3. The van der Waals surface area contributed by atoms with E-state index >= 15 is 0 Å². The Labute approximate surface area is 174 Å².